The number of carbonyl (C=O) groups is 2. The summed E-state index contributed by atoms with van der Waals surface area (Å²) in [5.74, 6) is -0.405. The number of benzene rings is 3. The van der Waals surface area contributed by atoms with Crippen molar-refractivity contribution in [2.24, 2.45) is 0 Å². The van der Waals surface area contributed by atoms with Crippen LogP contribution in [0.3, 0.4) is 0 Å². The molecule has 0 aliphatic carbocycles. The number of rotatable bonds is 6. The van der Waals surface area contributed by atoms with Crippen molar-refractivity contribution < 1.29 is 14.3 Å². The number of ketones is 1. The van der Waals surface area contributed by atoms with E-state index in [-0.39, 0.29) is 17.8 Å². The molecule has 0 radical (unpaired) electrons. The van der Waals surface area contributed by atoms with Crippen molar-refractivity contribution in [2.75, 3.05) is 13.2 Å². The third-order valence-electron chi connectivity index (χ3n) is 5.18. The third kappa shape index (κ3) is 4.44. The minimum Gasteiger partial charge on any atom is -0.376 e. The van der Waals surface area contributed by atoms with Gasteiger partial charge in [-0.05, 0) is 30.0 Å². The van der Waals surface area contributed by atoms with Crippen molar-refractivity contribution in [2.45, 2.75) is 18.9 Å². The van der Waals surface area contributed by atoms with Crippen LogP contribution in [0.2, 0.25) is 0 Å². The largest absolute Gasteiger partial charge is 0.376 e. The van der Waals surface area contributed by atoms with Gasteiger partial charge in [0, 0.05) is 24.3 Å². The molecule has 1 saturated heterocycles. The third-order valence-corrected chi connectivity index (χ3v) is 5.18. The van der Waals surface area contributed by atoms with Crippen LogP contribution in [0.4, 0.5) is 0 Å². The average Bonchev–Trinajstić information content (AvgIpc) is 3.31. The van der Waals surface area contributed by atoms with Gasteiger partial charge < -0.3 is 10.1 Å². The maximum Gasteiger partial charge on any atom is 0.252 e. The Bertz CT molecular complexity index is 990. The summed E-state index contributed by atoms with van der Waals surface area (Å²) in [4.78, 5) is 25.8. The Kier molecular flexibility index (Phi) is 5.82. The Hall–Kier alpha value is -3.24. The Morgan fingerprint density at radius 3 is 2.17 bits per heavy atom. The van der Waals surface area contributed by atoms with E-state index < -0.39 is 0 Å². The number of amides is 1. The Balaban J connectivity index is 1.52. The van der Waals surface area contributed by atoms with E-state index in [1.165, 1.54) is 0 Å². The summed E-state index contributed by atoms with van der Waals surface area (Å²) in [7, 11) is 0. The van der Waals surface area contributed by atoms with E-state index in [1.807, 2.05) is 54.6 Å². The van der Waals surface area contributed by atoms with Crippen LogP contribution in [0, 0.1) is 0 Å². The van der Waals surface area contributed by atoms with Gasteiger partial charge in [0.2, 0.25) is 0 Å². The molecule has 29 heavy (non-hydrogen) atoms. The molecule has 4 nitrogen and oxygen atoms in total. The summed E-state index contributed by atoms with van der Waals surface area (Å²) in [6.07, 6.45) is 2.04. The van der Waals surface area contributed by atoms with Crippen molar-refractivity contribution in [1.29, 1.82) is 0 Å². The minimum atomic E-state index is -0.245. The predicted octanol–water partition coefficient (Wildman–Crippen LogP) is 4.49. The van der Waals surface area contributed by atoms with Gasteiger partial charge >= 0.3 is 0 Å². The Morgan fingerprint density at radius 2 is 1.48 bits per heavy atom. The lowest BCUT2D eigenvalue weighted by molar-refractivity contribution is 0.0853. The van der Waals surface area contributed by atoms with E-state index in [1.54, 1.807) is 24.3 Å². The zero-order valence-corrected chi connectivity index (χ0v) is 16.1. The minimum absolute atomic E-state index is 0.0624. The van der Waals surface area contributed by atoms with E-state index in [4.69, 9.17) is 4.74 Å². The molecule has 1 aliphatic heterocycles. The van der Waals surface area contributed by atoms with Crippen LogP contribution in [0.1, 0.15) is 39.1 Å². The average molecular weight is 385 g/mol. The van der Waals surface area contributed by atoms with Crippen molar-refractivity contribution in [3.05, 3.63) is 95.6 Å². The second kappa shape index (κ2) is 8.84. The first kappa shape index (κ1) is 19.1. The van der Waals surface area contributed by atoms with Gasteiger partial charge in [-0.1, -0.05) is 72.8 Å². The van der Waals surface area contributed by atoms with E-state index in [9.17, 15) is 9.59 Å². The molecule has 1 heterocycles. The zero-order chi connectivity index (χ0) is 20.1. The van der Waals surface area contributed by atoms with Gasteiger partial charge in [-0.15, -0.1) is 0 Å². The van der Waals surface area contributed by atoms with E-state index in [2.05, 4.69) is 5.32 Å². The van der Waals surface area contributed by atoms with Gasteiger partial charge in [0.1, 0.15) is 0 Å². The van der Waals surface area contributed by atoms with Crippen molar-refractivity contribution in [3.8, 4) is 11.1 Å². The van der Waals surface area contributed by atoms with E-state index in [0.29, 0.717) is 23.2 Å². The van der Waals surface area contributed by atoms with Gasteiger partial charge in [0.15, 0.2) is 5.78 Å². The van der Waals surface area contributed by atoms with Crippen LogP contribution >= 0.6 is 0 Å². The van der Waals surface area contributed by atoms with E-state index >= 15 is 0 Å². The van der Waals surface area contributed by atoms with Gasteiger partial charge in [0.05, 0.1) is 11.7 Å². The summed E-state index contributed by atoms with van der Waals surface area (Å²) in [6.45, 7) is 1.21. The molecule has 1 atom stereocenters. The SMILES string of the molecule is O=C(NCC1CCCO1)c1ccccc1C(=O)c1ccc(-c2ccccc2)cc1. The van der Waals surface area contributed by atoms with Crippen molar-refractivity contribution in [1.82, 2.24) is 5.32 Å². The highest BCUT2D eigenvalue weighted by molar-refractivity contribution is 6.15. The number of carbonyl (C=O) groups excluding carboxylic acids is 2. The van der Waals surface area contributed by atoms with Gasteiger partial charge in [-0.25, -0.2) is 0 Å². The molecular formula is C25H23NO3. The number of hydrogen-bond donors (Lipinski definition) is 1. The summed E-state index contributed by atoms with van der Waals surface area (Å²) >= 11 is 0. The molecule has 1 N–H and O–H groups in total. The molecule has 3 aromatic rings. The highest BCUT2D eigenvalue weighted by Crippen LogP contribution is 2.21. The summed E-state index contributed by atoms with van der Waals surface area (Å²) < 4.78 is 5.55. The van der Waals surface area contributed by atoms with Crippen LogP contribution in [0.15, 0.2) is 78.9 Å². The molecule has 1 aliphatic rings. The summed E-state index contributed by atoms with van der Waals surface area (Å²) in [5, 5.41) is 2.90. The second-order valence-electron chi connectivity index (χ2n) is 7.16. The quantitative estimate of drug-likeness (QED) is 0.636. The normalized spacial score (nSPS) is 15.8. The molecule has 4 heteroatoms. The van der Waals surface area contributed by atoms with Crippen molar-refractivity contribution >= 4 is 11.7 Å². The molecule has 0 aromatic heterocycles. The number of hydrogen-bond acceptors (Lipinski definition) is 3. The highest BCUT2D eigenvalue weighted by atomic mass is 16.5. The summed E-state index contributed by atoms with van der Waals surface area (Å²) in [5.41, 5.74) is 3.50. The molecule has 0 bridgehead atoms. The van der Waals surface area contributed by atoms with Crippen LogP contribution in [0.25, 0.3) is 11.1 Å². The molecule has 4 rings (SSSR count). The first-order valence-electron chi connectivity index (χ1n) is 9.91. The lowest BCUT2D eigenvalue weighted by Crippen LogP contribution is -2.32. The summed E-state index contributed by atoms with van der Waals surface area (Å²) in [6, 6.07) is 24.4. The van der Waals surface area contributed by atoms with Gasteiger partial charge in [-0.3, -0.25) is 9.59 Å². The van der Waals surface area contributed by atoms with Crippen LogP contribution in [0.5, 0.6) is 0 Å². The molecule has 1 unspecified atom stereocenters. The molecular weight excluding hydrogens is 362 g/mol. The maximum absolute atomic E-state index is 13.1. The number of ether oxygens (including phenoxy) is 1. The first-order valence-corrected chi connectivity index (χ1v) is 9.91. The standard InChI is InChI=1S/C25H23NO3/c27-24(20-14-12-19(13-15-20)18-7-2-1-3-8-18)22-10-4-5-11-23(22)25(28)26-17-21-9-6-16-29-21/h1-5,7-8,10-15,21H,6,9,16-17H2,(H,26,28). The topological polar surface area (TPSA) is 55.4 Å². The highest BCUT2D eigenvalue weighted by Gasteiger charge is 2.20. The predicted molar refractivity (Wildman–Crippen MR) is 113 cm³/mol. The van der Waals surface area contributed by atoms with Crippen LogP contribution < -0.4 is 5.32 Å². The lowest BCUT2D eigenvalue weighted by atomic mass is 9.96. The lowest BCUT2D eigenvalue weighted by Gasteiger charge is -2.13. The fourth-order valence-corrected chi connectivity index (χ4v) is 3.59. The molecule has 1 fully saturated rings. The molecule has 146 valence electrons. The first-order chi connectivity index (χ1) is 14.2. The van der Waals surface area contributed by atoms with Crippen LogP contribution in [-0.2, 0) is 4.74 Å². The van der Waals surface area contributed by atoms with E-state index in [0.717, 1.165) is 30.6 Å². The Morgan fingerprint density at radius 1 is 0.828 bits per heavy atom. The van der Waals surface area contributed by atoms with Gasteiger partial charge in [0.25, 0.3) is 5.91 Å². The monoisotopic (exact) mass is 385 g/mol. The van der Waals surface area contributed by atoms with Crippen molar-refractivity contribution in [3.63, 3.8) is 0 Å². The molecule has 1 amide bonds. The van der Waals surface area contributed by atoms with Gasteiger partial charge in [-0.2, -0.15) is 0 Å². The molecule has 0 saturated carbocycles. The number of nitrogens with one attached hydrogen (secondary N) is 1. The smallest absolute Gasteiger partial charge is 0.252 e. The molecule has 0 spiro atoms. The fourth-order valence-electron chi connectivity index (χ4n) is 3.59. The molecule has 3 aromatic carbocycles. The Labute approximate surface area is 170 Å². The maximum atomic E-state index is 13.1. The fraction of sp³-hybridized carbons (Fsp3) is 0.200. The zero-order valence-electron chi connectivity index (χ0n) is 16.1. The van der Waals surface area contributed by atoms with Crippen LogP contribution in [-0.4, -0.2) is 30.9 Å². The second-order valence-corrected chi connectivity index (χ2v) is 7.16.